The molecule has 2 rings (SSSR count). The zero-order chi connectivity index (χ0) is 11.6. The Balaban J connectivity index is 1.89. The van der Waals surface area contributed by atoms with Gasteiger partial charge in [0.2, 0.25) is 0 Å². The average Bonchev–Trinajstić information content (AvgIpc) is 3.00. The van der Waals surface area contributed by atoms with Gasteiger partial charge in [0.1, 0.15) is 0 Å². The number of hydrogen-bond donors (Lipinski definition) is 0. The highest BCUT2D eigenvalue weighted by molar-refractivity contribution is 9.09. The van der Waals surface area contributed by atoms with Crippen molar-refractivity contribution in [3.63, 3.8) is 0 Å². The zero-order valence-electron chi connectivity index (χ0n) is 10.7. The first-order valence-corrected chi connectivity index (χ1v) is 7.98. The van der Waals surface area contributed by atoms with Crippen LogP contribution in [0, 0.1) is 17.3 Å². The predicted molar refractivity (Wildman–Crippen MR) is 72.0 cm³/mol. The van der Waals surface area contributed by atoms with Crippen LogP contribution in [0.25, 0.3) is 0 Å². The first-order valence-electron chi connectivity index (χ1n) is 6.85. The first kappa shape index (κ1) is 12.9. The van der Waals surface area contributed by atoms with Crippen LogP contribution >= 0.6 is 15.9 Å². The van der Waals surface area contributed by atoms with E-state index in [0.717, 1.165) is 23.8 Å². The van der Waals surface area contributed by atoms with E-state index in [9.17, 15) is 0 Å². The summed E-state index contributed by atoms with van der Waals surface area (Å²) in [5, 5.41) is 1.14. The third kappa shape index (κ3) is 2.81. The van der Waals surface area contributed by atoms with Gasteiger partial charge in [0, 0.05) is 17.4 Å². The van der Waals surface area contributed by atoms with Crippen LogP contribution in [0.3, 0.4) is 0 Å². The third-order valence-corrected chi connectivity index (χ3v) is 5.39. The van der Waals surface area contributed by atoms with Crippen molar-refractivity contribution in [1.82, 2.24) is 0 Å². The molecule has 2 atom stereocenters. The standard InChI is InChI=1S/C14H25BrO/c1-11(2)4-3-7-14(10-15)8-9-16-13(14)12-5-6-12/h11-13H,3-10H2,1-2H3. The fourth-order valence-electron chi connectivity index (χ4n) is 3.08. The van der Waals surface area contributed by atoms with E-state index in [2.05, 4.69) is 29.8 Å². The molecule has 0 bridgehead atoms. The van der Waals surface area contributed by atoms with Crippen LogP contribution in [-0.2, 0) is 4.74 Å². The molecule has 0 amide bonds. The van der Waals surface area contributed by atoms with Gasteiger partial charge in [-0.1, -0.05) is 42.6 Å². The molecule has 1 heterocycles. The normalized spacial score (nSPS) is 34.9. The number of rotatable bonds is 6. The summed E-state index contributed by atoms with van der Waals surface area (Å²) in [5.41, 5.74) is 0.468. The van der Waals surface area contributed by atoms with Crippen molar-refractivity contribution in [2.45, 2.75) is 58.5 Å². The molecule has 94 valence electrons. The fourth-order valence-corrected chi connectivity index (χ4v) is 3.96. The number of hydrogen-bond acceptors (Lipinski definition) is 1. The maximum absolute atomic E-state index is 6.01. The molecular weight excluding hydrogens is 264 g/mol. The summed E-state index contributed by atoms with van der Waals surface area (Å²) in [4.78, 5) is 0. The highest BCUT2D eigenvalue weighted by atomic mass is 79.9. The molecule has 1 saturated carbocycles. The highest BCUT2D eigenvalue weighted by Crippen LogP contribution is 2.51. The predicted octanol–water partition coefficient (Wildman–Crippen LogP) is 4.39. The van der Waals surface area contributed by atoms with E-state index in [1.807, 2.05) is 0 Å². The van der Waals surface area contributed by atoms with Gasteiger partial charge < -0.3 is 4.74 Å². The summed E-state index contributed by atoms with van der Waals surface area (Å²) in [6.45, 7) is 5.64. The van der Waals surface area contributed by atoms with Gasteiger partial charge in [-0.05, 0) is 37.5 Å². The molecule has 0 spiro atoms. The second-order valence-corrected chi connectivity index (χ2v) is 6.72. The zero-order valence-corrected chi connectivity index (χ0v) is 12.3. The Morgan fingerprint density at radius 1 is 1.38 bits per heavy atom. The lowest BCUT2D eigenvalue weighted by molar-refractivity contribution is 0.0363. The highest BCUT2D eigenvalue weighted by Gasteiger charge is 2.49. The van der Waals surface area contributed by atoms with Crippen molar-refractivity contribution >= 4 is 15.9 Å². The molecule has 1 nitrogen and oxygen atoms in total. The Labute approximate surface area is 108 Å². The average molecular weight is 289 g/mol. The van der Waals surface area contributed by atoms with E-state index in [1.165, 1.54) is 38.5 Å². The van der Waals surface area contributed by atoms with Crippen LogP contribution < -0.4 is 0 Å². The smallest absolute Gasteiger partial charge is 0.0668 e. The quantitative estimate of drug-likeness (QED) is 0.659. The maximum Gasteiger partial charge on any atom is 0.0668 e. The Bertz CT molecular complexity index is 225. The lowest BCUT2D eigenvalue weighted by Crippen LogP contribution is -2.34. The van der Waals surface area contributed by atoms with Gasteiger partial charge in [-0.3, -0.25) is 0 Å². The van der Waals surface area contributed by atoms with Crippen LogP contribution in [0.2, 0.25) is 0 Å². The SMILES string of the molecule is CC(C)CCCC1(CBr)CCOC1C1CC1. The van der Waals surface area contributed by atoms with Crippen LogP contribution in [0.5, 0.6) is 0 Å². The molecule has 1 aliphatic carbocycles. The van der Waals surface area contributed by atoms with Crippen molar-refractivity contribution in [2.75, 3.05) is 11.9 Å². The number of alkyl halides is 1. The van der Waals surface area contributed by atoms with E-state index >= 15 is 0 Å². The minimum atomic E-state index is 0.468. The van der Waals surface area contributed by atoms with Crippen LogP contribution in [0.15, 0.2) is 0 Å². The number of halogens is 1. The summed E-state index contributed by atoms with van der Waals surface area (Å²) in [6, 6.07) is 0. The summed E-state index contributed by atoms with van der Waals surface area (Å²) >= 11 is 3.76. The van der Waals surface area contributed by atoms with Crippen molar-refractivity contribution in [3.8, 4) is 0 Å². The molecule has 0 aromatic heterocycles. The molecule has 0 radical (unpaired) electrons. The molecule has 0 N–H and O–H groups in total. The van der Waals surface area contributed by atoms with Crippen LogP contribution in [0.1, 0.15) is 52.4 Å². The lowest BCUT2D eigenvalue weighted by Gasteiger charge is -2.33. The molecule has 1 saturated heterocycles. The molecule has 1 aliphatic heterocycles. The van der Waals surface area contributed by atoms with Crippen molar-refractivity contribution in [3.05, 3.63) is 0 Å². The second kappa shape index (κ2) is 5.39. The van der Waals surface area contributed by atoms with Gasteiger partial charge in [0.25, 0.3) is 0 Å². The largest absolute Gasteiger partial charge is 0.377 e. The van der Waals surface area contributed by atoms with Gasteiger partial charge in [0.15, 0.2) is 0 Å². The Hall–Kier alpha value is 0.440. The molecule has 2 aliphatic rings. The molecule has 0 aromatic carbocycles. The molecular formula is C14H25BrO. The minimum Gasteiger partial charge on any atom is -0.377 e. The Kier molecular flexibility index (Phi) is 4.34. The van der Waals surface area contributed by atoms with E-state index in [4.69, 9.17) is 4.74 Å². The second-order valence-electron chi connectivity index (χ2n) is 6.16. The summed E-state index contributed by atoms with van der Waals surface area (Å²) in [7, 11) is 0. The summed E-state index contributed by atoms with van der Waals surface area (Å²) < 4.78 is 6.01. The van der Waals surface area contributed by atoms with E-state index in [1.54, 1.807) is 0 Å². The summed E-state index contributed by atoms with van der Waals surface area (Å²) in [5.74, 6) is 1.73. The molecule has 2 unspecified atom stereocenters. The van der Waals surface area contributed by atoms with E-state index in [-0.39, 0.29) is 0 Å². The topological polar surface area (TPSA) is 9.23 Å². The Morgan fingerprint density at radius 3 is 2.69 bits per heavy atom. The van der Waals surface area contributed by atoms with Crippen molar-refractivity contribution in [1.29, 1.82) is 0 Å². The third-order valence-electron chi connectivity index (χ3n) is 4.27. The molecule has 0 aromatic rings. The van der Waals surface area contributed by atoms with Crippen LogP contribution in [-0.4, -0.2) is 18.0 Å². The van der Waals surface area contributed by atoms with Crippen molar-refractivity contribution < 1.29 is 4.74 Å². The molecule has 2 fully saturated rings. The molecule has 2 heteroatoms. The van der Waals surface area contributed by atoms with Gasteiger partial charge in [-0.25, -0.2) is 0 Å². The monoisotopic (exact) mass is 288 g/mol. The summed E-state index contributed by atoms with van der Waals surface area (Å²) in [6.07, 6.45) is 8.75. The molecule has 16 heavy (non-hydrogen) atoms. The maximum atomic E-state index is 6.01. The number of ether oxygens (including phenoxy) is 1. The Morgan fingerprint density at radius 2 is 2.12 bits per heavy atom. The van der Waals surface area contributed by atoms with Gasteiger partial charge in [-0.15, -0.1) is 0 Å². The lowest BCUT2D eigenvalue weighted by atomic mass is 9.76. The fraction of sp³-hybridized carbons (Fsp3) is 1.00. The minimum absolute atomic E-state index is 0.468. The first-order chi connectivity index (χ1) is 7.68. The van der Waals surface area contributed by atoms with Gasteiger partial charge in [-0.2, -0.15) is 0 Å². The van der Waals surface area contributed by atoms with Crippen molar-refractivity contribution in [2.24, 2.45) is 17.3 Å². The van der Waals surface area contributed by atoms with Crippen LogP contribution in [0.4, 0.5) is 0 Å². The van der Waals surface area contributed by atoms with Gasteiger partial charge in [0.05, 0.1) is 6.10 Å². The van der Waals surface area contributed by atoms with E-state index in [0.29, 0.717) is 11.5 Å². The van der Waals surface area contributed by atoms with E-state index < -0.39 is 0 Å². The van der Waals surface area contributed by atoms with Gasteiger partial charge >= 0.3 is 0 Å².